The van der Waals surface area contributed by atoms with Gasteiger partial charge in [0.15, 0.2) is 0 Å². The largest absolute Gasteiger partial charge is 0.330 e. The summed E-state index contributed by atoms with van der Waals surface area (Å²) in [6.07, 6.45) is 16.2. The second kappa shape index (κ2) is 16.4. The second-order valence-electron chi connectivity index (χ2n) is 14.1. The topological polar surface area (TPSA) is 243 Å². The Morgan fingerprint density at radius 2 is 1.28 bits per heavy atom. The second-order valence-corrected chi connectivity index (χ2v) is 14.1. The number of carbonyl (C=O) groups is 3. The molecule has 1 aromatic rings. The van der Waals surface area contributed by atoms with Crippen LogP contribution < -0.4 is 50.4 Å². The number of benzene rings is 1. The van der Waals surface area contributed by atoms with Crippen LogP contribution in [0.5, 0.6) is 0 Å². The van der Waals surface area contributed by atoms with Gasteiger partial charge in [0.2, 0.25) is 17.7 Å². The van der Waals surface area contributed by atoms with Gasteiger partial charge in [-0.15, -0.1) is 0 Å². The summed E-state index contributed by atoms with van der Waals surface area (Å²) in [5.74, 6) is -1.12. The maximum atomic E-state index is 13.4. The fourth-order valence-electron chi connectivity index (χ4n) is 7.85. The highest BCUT2D eigenvalue weighted by atomic mass is 16.2. The highest BCUT2D eigenvalue weighted by Crippen LogP contribution is 2.74. The molecule has 4 unspecified atom stereocenters. The smallest absolute Gasteiger partial charge is 0.241 e. The number of hydrogen-bond acceptors (Lipinski definition) is 9. The molecular formula is C38H55N9O3. The van der Waals surface area contributed by atoms with Crippen molar-refractivity contribution in [1.29, 1.82) is 0 Å². The number of carbonyl (C=O) groups excluding carboxylic acids is 3. The summed E-state index contributed by atoms with van der Waals surface area (Å²) >= 11 is 0. The molecule has 4 aliphatic rings. The van der Waals surface area contributed by atoms with Crippen molar-refractivity contribution in [2.75, 3.05) is 25.0 Å². The Morgan fingerprint density at radius 1 is 0.720 bits per heavy atom. The molecule has 270 valence electrons. The maximum Gasteiger partial charge on any atom is 0.241 e. The third-order valence-corrected chi connectivity index (χ3v) is 10.5. The Hall–Kier alpha value is -3.91. The Balaban J connectivity index is 1.53. The SMILES string of the molecule is C=C1/C=C\C(NC(=O)[C@@H](N)CCCCN)=C/C23c4cc(NC(=O)[C@@H](N)CCCCN)ccc4C1C1=CC=C(NC(=O)[C@@H](N)CCCCN)C2C13. The van der Waals surface area contributed by atoms with Crippen LogP contribution in [0.1, 0.15) is 74.8 Å². The van der Waals surface area contributed by atoms with Crippen molar-refractivity contribution in [1.82, 2.24) is 10.6 Å². The number of nitrogens with two attached hydrogens (primary N) is 6. The number of nitrogens with one attached hydrogen (secondary N) is 3. The minimum atomic E-state index is -0.698. The van der Waals surface area contributed by atoms with Crippen LogP contribution >= 0.6 is 0 Å². The molecule has 1 saturated carbocycles. The van der Waals surface area contributed by atoms with Crippen molar-refractivity contribution >= 4 is 23.4 Å². The average molecular weight is 686 g/mol. The van der Waals surface area contributed by atoms with Gasteiger partial charge in [-0.1, -0.05) is 49.6 Å². The molecule has 0 radical (unpaired) electrons. The molecule has 1 spiro atoms. The monoisotopic (exact) mass is 685 g/mol. The van der Waals surface area contributed by atoms with Gasteiger partial charge in [-0.05, 0) is 105 Å². The molecule has 5 rings (SSSR count). The van der Waals surface area contributed by atoms with E-state index in [-0.39, 0.29) is 35.5 Å². The van der Waals surface area contributed by atoms with Gasteiger partial charge in [-0.25, -0.2) is 0 Å². The molecule has 12 nitrogen and oxygen atoms in total. The maximum absolute atomic E-state index is 13.4. The van der Waals surface area contributed by atoms with Gasteiger partial charge in [-0.3, -0.25) is 14.4 Å². The zero-order valence-electron chi connectivity index (χ0n) is 29.0. The number of amides is 3. The molecule has 0 aromatic heterocycles. The Kier molecular flexibility index (Phi) is 12.3. The molecule has 3 amide bonds. The van der Waals surface area contributed by atoms with Gasteiger partial charge < -0.3 is 50.4 Å². The number of rotatable bonds is 18. The van der Waals surface area contributed by atoms with Crippen molar-refractivity contribution in [2.24, 2.45) is 46.2 Å². The number of anilines is 1. The van der Waals surface area contributed by atoms with Crippen LogP contribution in [0.15, 0.2) is 77.7 Å². The van der Waals surface area contributed by atoms with Crippen molar-refractivity contribution in [3.05, 3.63) is 88.8 Å². The molecule has 0 aliphatic heterocycles. The minimum Gasteiger partial charge on any atom is -0.330 e. The van der Waals surface area contributed by atoms with E-state index in [2.05, 4.69) is 34.7 Å². The number of hydrogen-bond donors (Lipinski definition) is 9. The van der Waals surface area contributed by atoms with Crippen LogP contribution in [0.25, 0.3) is 0 Å². The highest BCUT2D eigenvalue weighted by Gasteiger charge is 2.71. The first-order valence-electron chi connectivity index (χ1n) is 18.0. The van der Waals surface area contributed by atoms with Crippen molar-refractivity contribution < 1.29 is 14.4 Å². The van der Waals surface area contributed by atoms with Crippen LogP contribution in [0.3, 0.4) is 0 Å². The molecule has 0 heterocycles. The zero-order valence-corrected chi connectivity index (χ0v) is 29.0. The Bertz CT molecular complexity index is 1600. The molecular weight excluding hydrogens is 630 g/mol. The van der Waals surface area contributed by atoms with E-state index in [1.165, 1.54) is 5.57 Å². The summed E-state index contributed by atoms with van der Waals surface area (Å²) in [5.41, 5.74) is 41.2. The molecule has 15 N–H and O–H groups in total. The fourth-order valence-corrected chi connectivity index (χ4v) is 7.85. The molecule has 1 fully saturated rings. The van der Waals surface area contributed by atoms with Crippen molar-refractivity contribution in [3.63, 3.8) is 0 Å². The summed E-state index contributed by atoms with van der Waals surface area (Å²) in [5, 5.41) is 9.26. The van der Waals surface area contributed by atoms with Crippen molar-refractivity contribution in [3.8, 4) is 0 Å². The molecule has 50 heavy (non-hydrogen) atoms. The molecule has 12 heteroatoms. The third kappa shape index (κ3) is 7.70. The van der Waals surface area contributed by atoms with Crippen LogP contribution in [0.2, 0.25) is 0 Å². The highest BCUT2D eigenvalue weighted by molar-refractivity contribution is 5.95. The van der Waals surface area contributed by atoms with Gasteiger partial charge >= 0.3 is 0 Å². The summed E-state index contributed by atoms with van der Waals surface area (Å²) in [4.78, 5) is 39.9. The molecule has 2 bridgehead atoms. The lowest BCUT2D eigenvalue weighted by Crippen LogP contribution is -2.41. The zero-order chi connectivity index (χ0) is 36.0. The lowest BCUT2D eigenvalue weighted by Gasteiger charge is -2.33. The van der Waals surface area contributed by atoms with Crippen LogP contribution in [-0.2, 0) is 19.8 Å². The molecule has 7 atom stereocenters. The fraction of sp³-hybridized carbons (Fsp3) is 0.500. The van der Waals surface area contributed by atoms with Gasteiger partial charge in [0.05, 0.1) is 18.1 Å². The van der Waals surface area contributed by atoms with E-state index >= 15 is 0 Å². The van der Waals surface area contributed by atoms with Gasteiger partial charge in [0.1, 0.15) is 0 Å². The van der Waals surface area contributed by atoms with Gasteiger partial charge in [-0.2, -0.15) is 0 Å². The molecule has 0 saturated heterocycles. The minimum absolute atomic E-state index is 0.0278. The predicted octanol–water partition coefficient (Wildman–Crippen LogP) is 1.64. The van der Waals surface area contributed by atoms with Crippen molar-refractivity contribution in [2.45, 2.75) is 87.2 Å². The Morgan fingerprint density at radius 3 is 1.86 bits per heavy atom. The summed E-state index contributed by atoms with van der Waals surface area (Å²) in [6.45, 7) is 6.11. The average Bonchev–Trinajstić information content (AvgIpc) is 3.76. The van der Waals surface area contributed by atoms with E-state index in [0.29, 0.717) is 50.3 Å². The van der Waals surface area contributed by atoms with Crippen LogP contribution in [0, 0.1) is 11.8 Å². The summed E-state index contributed by atoms with van der Waals surface area (Å²) in [6, 6.07) is 3.90. The first kappa shape index (κ1) is 37.3. The summed E-state index contributed by atoms with van der Waals surface area (Å²) < 4.78 is 0. The van der Waals surface area contributed by atoms with E-state index in [0.717, 1.165) is 60.9 Å². The predicted molar refractivity (Wildman–Crippen MR) is 198 cm³/mol. The van der Waals surface area contributed by atoms with Crippen LogP contribution in [-0.4, -0.2) is 55.5 Å². The van der Waals surface area contributed by atoms with E-state index in [1.54, 1.807) is 0 Å². The lowest BCUT2D eigenvalue weighted by molar-refractivity contribution is -0.122. The van der Waals surface area contributed by atoms with E-state index in [1.807, 2.05) is 36.4 Å². The van der Waals surface area contributed by atoms with E-state index in [4.69, 9.17) is 34.4 Å². The first-order valence-corrected chi connectivity index (χ1v) is 18.0. The van der Waals surface area contributed by atoms with E-state index in [9.17, 15) is 14.4 Å². The van der Waals surface area contributed by atoms with Gasteiger partial charge in [0.25, 0.3) is 0 Å². The molecule has 1 aromatic carbocycles. The van der Waals surface area contributed by atoms with Crippen LogP contribution in [0.4, 0.5) is 5.69 Å². The normalized spacial score (nSPS) is 26.2. The van der Waals surface area contributed by atoms with E-state index < -0.39 is 23.5 Å². The number of allylic oxidation sites excluding steroid dienone is 8. The lowest BCUT2D eigenvalue weighted by atomic mass is 9.71. The number of unbranched alkanes of at least 4 members (excludes halogenated alkanes) is 3. The quantitative estimate of drug-likeness (QED) is 0.102. The number of fused-ring (bicyclic) bond motifs is 1. The van der Waals surface area contributed by atoms with Gasteiger partial charge in [0, 0.05) is 40.3 Å². The third-order valence-electron chi connectivity index (χ3n) is 10.5. The first-order chi connectivity index (χ1) is 24.1. The Labute approximate surface area is 295 Å². The molecule has 4 aliphatic carbocycles. The summed E-state index contributed by atoms with van der Waals surface area (Å²) in [7, 11) is 0. The standard InChI is InChI=1S/C38H55N9O3/c1-22-11-12-24(46-36(49)29(43)9-3-6-18-40)21-38-27-20-23(45-35(48)28(42)8-2-5-17-39)13-14-25(27)32(22)26-15-16-31(34(38)33(26)38)47-37(50)30(44)10-4-7-19-41/h11-16,20-21,28-30,32-34H,1-10,17-19,39-44H2,(H,45,48)(H,46,49)(H,47,50)/b12-11-,24-21+/t28-,29-,30-,32?,33?,34?,38?/m0/s1.